The lowest BCUT2D eigenvalue weighted by molar-refractivity contribution is -0.155. The number of aliphatic hydroxyl groups is 1. The summed E-state index contributed by atoms with van der Waals surface area (Å²) in [5.41, 5.74) is 0.482. The van der Waals surface area contributed by atoms with E-state index in [4.69, 9.17) is 19.6 Å². The number of amides is 1. The third-order valence-corrected chi connectivity index (χ3v) is 7.17. The summed E-state index contributed by atoms with van der Waals surface area (Å²) in [7, 11) is 1.70. The van der Waals surface area contributed by atoms with Crippen molar-refractivity contribution < 1.29 is 28.9 Å². The van der Waals surface area contributed by atoms with E-state index >= 15 is 0 Å². The summed E-state index contributed by atoms with van der Waals surface area (Å²) < 4.78 is 16.9. The molecule has 2 N–H and O–H groups in total. The first-order chi connectivity index (χ1) is 19.0. The third kappa shape index (κ3) is 9.44. The minimum absolute atomic E-state index is 0.0284. The molecule has 0 bridgehead atoms. The van der Waals surface area contributed by atoms with E-state index in [0.29, 0.717) is 12.8 Å². The van der Waals surface area contributed by atoms with Gasteiger partial charge in [0, 0.05) is 24.4 Å². The van der Waals surface area contributed by atoms with Crippen LogP contribution >= 0.6 is 0 Å². The van der Waals surface area contributed by atoms with Crippen LogP contribution in [-0.4, -0.2) is 59.7 Å². The number of esters is 1. The molecule has 0 unspecified atom stereocenters. The number of carbonyl (C=O) groups excluding carboxylic acids is 2. The number of allylic oxidation sites excluding steroid dienone is 4. The molecule has 0 aromatic rings. The highest BCUT2D eigenvalue weighted by Crippen LogP contribution is 2.30. The molecule has 2 aliphatic carbocycles. The predicted octanol–water partition coefficient (Wildman–Crippen LogP) is 6.45. The van der Waals surface area contributed by atoms with Crippen LogP contribution in [0.15, 0.2) is 59.6 Å². The second-order valence-corrected chi connectivity index (χ2v) is 10.6. The van der Waals surface area contributed by atoms with Crippen LogP contribution in [0.25, 0.3) is 0 Å². The van der Waals surface area contributed by atoms with Crippen LogP contribution < -0.4 is 0 Å². The molecule has 0 aromatic heterocycles. The monoisotopic (exact) mass is 553 g/mol. The van der Waals surface area contributed by atoms with Crippen molar-refractivity contribution in [3.63, 3.8) is 0 Å². The van der Waals surface area contributed by atoms with Crippen LogP contribution in [0.1, 0.15) is 72.1 Å². The van der Waals surface area contributed by atoms with Gasteiger partial charge in [-0.1, -0.05) is 26.0 Å². The number of carbonyl (C=O) groups is 2. The van der Waals surface area contributed by atoms with E-state index in [1.165, 1.54) is 25.2 Å². The van der Waals surface area contributed by atoms with Gasteiger partial charge in [0.2, 0.25) is 0 Å². The third-order valence-electron chi connectivity index (χ3n) is 7.17. The minimum atomic E-state index is -0.508. The van der Waals surface area contributed by atoms with Crippen LogP contribution in [0.4, 0.5) is 4.79 Å². The Bertz CT molecular complexity index is 1100. The summed E-state index contributed by atoms with van der Waals surface area (Å²) in [6.07, 6.45) is 10.0. The lowest BCUT2D eigenvalue weighted by atomic mass is 9.87. The molecule has 218 valence electrons. The van der Waals surface area contributed by atoms with E-state index in [1.807, 2.05) is 13.8 Å². The van der Waals surface area contributed by atoms with Crippen molar-refractivity contribution in [1.29, 1.82) is 10.7 Å². The van der Waals surface area contributed by atoms with Gasteiger partial charge >= 0.3 is 12.1 Å². The fourth-order valence-corrected chi connectivity index (χ4v) is 4.85. The van der Waals surface area contributed by atoms with Gasteiger partial charge in [0.25, 0.3) is 0 Å². The van der Waals surface area contributed by atoms with Gasteiger partial charge in [-0.3, -0.25) is 4.79 Å². The van der Waals surface area contributed by atoms with Crippen LogP contribution in [-0.2, 0) is 19.0 Å². The number of hydrogen-bond acceptors (Lipinski definition) is 8. The van der Waals surface area contributed by atoms with Gasteiger partial charge in [-0.2, -0.15) is 5.26 Å². The standard InChI is InChI=1S/C31H43N3O6/c1-7-23(18-32)28(40-26-14-10-11-24(17-26)30(36)39-20(2)3)16-15-21(4)29(35)27(22(5)33)19-38-31(37)34(6)25-12-8-9-13-25/h7,15-16,20,24-26,33,35H,1,4,8-14,17,19H2,2-3,5-6H3/b16-15-,28-23-,29-27-,33-22?/t24-,26-/m0/s1. The lowest BCUT2D eigenvalue weighted by Gasteiger charge is -2.29. The largest absolute Gasteiger partial charge is 0.507 e. The lowest BCUT2D eigenvalue weighted by Crippen LogP contribution is -2.36. The number of ether oxygens (including phenoxy) is 3. The fraction of sp³-hybridized carbons (Fsp3) is 0.548. The molecule has 2 rings (SSSR count). The summed E-state index contributed by atoms with van der Waals surface area (Å²) in [6, 6.07) is 2.19. The maximum absolute atomic E-state index is 12.5. The molecule has 40 heavy (non-hydrogen) atoms. The summed E-state index contributed by atoms with van der Waals surface area (Å²) in [4.78, 5) is 26.5. The Kier molecular flexibility index (Phi) is 12.7. The van der Waals surface area contributed by atoms with Gasteiger partial charge in [0.15, 0.2) is 0 Å². The van der Waals surface area contributed by atoms with Gasteiger partial charge < -0.3 is 29.6 Å². The number of hydrogen-bond donors (Lipinski definition) is 2. The fourth-order valence-electron chi connectivity index (χ4n) is 4.85. The molecular weight excluding hydrogens is 510 g/mol. The van der Waals surface area contributed by atoms with Crippen molar-refractivity contribution in [1.82, 2.24) is 4.90 Å². The Morgan fingerprint density at radius 3 is 2.42 bits per heavy atom. The topological polar surface area (TPSA) is 133 Å². The SMILES string of the molecule is C=C/C(C#N)=C(\C=C/C(=C)/C(O)=C(\COC(=O)N(C)C1CCCC1)C(C)=N)O[C@H]1CCC[C@H](C(=O)OC(C)C)C1. The Morgan fingerprint density at radius 2 is 1.85 bits per heavy atom. The highest BCUT2D eigenvalue weighted by molar-refractivity contribution is 5.97. The molecule has 0 heterocycles. The van der Waals surface area contributed by atoms with E-state index in [-0.39, 0.29) is 70.7 Å². The molecule has 2 atom stereocenters. The van der Waals surface area contributed by atoms with Crippen LogP contribution in [0, 0.1) is 22.7 Å². The number of aliphatic hydroxyl groups excluding tert-OH is 1. The van der Waals surface area contributed by atoms with E-state index in [0.717, 1.165) is 38.5 Å². The number of nitrogens with one attached hydrogen (secondary N) is 1. The van der Waals surface area contributed by atoms with Crippen molar-refractivity contribution in [2.45, 2.75) is 90.4 Å². The zero-order valence-electron chi connectivity index (χ0n) is 24.2. The van der Waals surface area contributed by atoms with E-state index in [9.17, 15) is 20.0 Å². The molecule has 0 saturated heterocycles. The normalized spacial score (nSPS) is 20.7. The van der Waals surface area contributed by atoms with Crippen molar-refractivity contribution in [3.8, 4) is 6.07 Å². The predicted molar refractivity (Wildman–Crippen MR) is 154 cm³/mol. The summed E-state index contributed by atoms with van der Waals surface area (Å²) in [5, 5.41) is 28.6. The van der Waals surface area contributed by atoms with E-state index < -0.39 is 6.09 Å². The summed E-state index contributed by atoms with van der Waals surface area (Å²) in [5.74, 6) is -0.601. The number of nitrogens with zero attached hydrogens (tertiary/aromatic N) is 2. The number of nitriles is 1. The van der Waals surface area contributed by atoms with Crippen molar-refractivity contribution >= 4 is 17.8 Å². The first-order valence-corrected chi connectivity index (χ1v) is 13.9. The van der Waals surface area contributed by atoms with Gasteiger partial charge in [0.05, 0.1) is 29.3 Å². The molecule has 0 aliphatic heterocycles. The molecule has 2 fully saturated rings. The van der Waals surface area contributed by atoms with Gasteiger partial charge in [-0.15, -0.1) is 0 Å². The number of rotatable bonds is 12. The first-order valence-electron chi connectivity index (χ1n) is 13.9. The second kappa shape index (κ2) is 15.7. The molecule has 0 spiro atoms. The van der Waals surface area contributed by atoms with Gasteiger partial charge in [-0.05, 0) is 77.5 Å². The summed E-state index contributed by atoms with van der Waals surface area (Å²) in [6.45, 7) is 12.4. The maximum atomic E-state index is 12.5. The molecular formula is C31H43N3O6. The van der Waals surface area contributed by atoms with Crippen molar-refractivity contribution in [3.05, 3.63) is 59.6 Å². The van der Waals surface area contributed by atoms with Gasteiger partial charge in [0.1, 0.15) is 24.2 Å². The molecule has 9 heteroatoms. The summed E-state index contributed by atoms with van der Waals surface area (Å²) >= 11 is 0. The van der Waals surface area contributed by atoms with Crippen molar-refractivity contribution in [2.75, 3.05) is 13.7 Å². The molecule has 2 aliphatic rings. The first kappa shape index (κ1) is 32.4. The minimum Gasteiger partial charge on any atom is -0.507 e. The Labute approximate surface area is 238 Å². The highest BCUT2D eigenvalue weighted by atomic mass is 16.6. The highest BCUT2D eigenvalue weighted by Gasteiger charge is 2.30. The Morgan fingerprint density at radius 1 is 1.18 bits per heavy atom. The average Bonchev–Trinajstić information content (AvgIpc) is 3.46. The molecule has 0 radical (unpaired) electrons. The van der Waals surface area contributed by atoms with Crippen molar-refractivity contribution in [2.24, 2.45) is 5.92 Å². The van der Waals surface area contributed by atoms with Crippen LogP contribution in [0.2, 0.25) is 0 Å². The van der Waals surface area contributed by atoms with Crippen LogP contribution in [0.5, 0.6) is 0 Å². The van der Waals surface area contributed by atoms with E-state index in [1.54, 1.807) is 11.9 Å². The zero-order valence-corrected chi connectivity index (χ0v) is 24.2. The molecule has 1 amide bonds. The maximum Gasteiger partial charge on any atom is 0.410 e. The molecule has 9 nitrogen and oxygen atoms in total. The Hall–Kier alpha value is -3.80. The second-order valence-electron chi connectivity index (χ2n) is 10.6. The quantitative estimate of drug-likeness (QED) is 0.0932. The Balaban J connectivity index is 2.15. The smallest absolute Gasteiger partial charge is 0.410 e. The zero-order chi connectivity index (χ0) is 29.8. The molecule has 0 aromatic carbocycles. The average molecular weight is 554 g/mol. The van der Waals surface area contributed by atoms with Crippen LogP contribution in [0.3, 0.4) is 0 Å². The molecule has 2 saturated carbocycles. The van der Waals surface area contributed by atoms with Gasteiger partial charge in [-0.25, -0.2) is 4.79 Å². The van der Waals surface area contributed by atoms with E-state index in [2.05, 4.69) is 19.2 Å².